The summed E-state index contributed by atoms with van der Waals surface area (Å²) in [5.74, 6) is 5.34. The molecular weight excluding hydrogens is 197 g/mol. The van der Waals surface area contributed by atoms with Gasteiger partial charge in [0.2, 0.25) is 0 Å². The minimum absolute atomic E-state index is 0.227. The van der Waals surface area contributed by atoms with Crippen molar-refractivity contribution < 1.29 is 13.9 Å². The summed E-state index contributed by atoms with van der Waals surface area (Å²) in [6.07, 6.45) is 1.39. The molecule has 0 radical (unpaired) electrons. The summed E-state index contributed by atoms with van der Waals surface area (Å²) in [6.45, 7) is 1.46. The second-order valence-electron chi connectivity index (χ2n) is 3.85. The van der Waals surface area contributed by atoms with E-state index in [4.69, 9.17) is 4.74 Å². The first-order chi connectivity index (χ1) is 7.03. The lowest BCUT2D eigenvalue weighted by Crippen LogP contribution is -2.28. The molecule has 4 heteroatoms. The van der Waals surface area contributed by atoms with Crippen LogP contribution in [0.5, 0.6) is 0 Å². The van der Waals surface area contributed by atoms with Gasteiger partial charge in [-0.1, -0.05) is 11.8 Å². The maximum Gasteiger partial charge on any atom is 0.407 e. The fourth-order valence-corrected chi connectivity index (χ4v) is 1.45. The van der Waals surface area contributed by atoms with Crippen LogP contribution in [0.1, 0.15) is 32.6 Å². The Labute approximate surface area is 89.4 Å². The number of carbonyl (C=O) groups is 1. The van der Waals surface area contributed by atoms with Crippen molar-refractivity contribution in [3.8, 4) is 11.8 Å². The van der Waals surface area contributed by atoms with E-state index in [0.717, 1.165) is 0 Å². The Bertz CT molecular complexity index is 291. The molecule has 0 aromatic heterocycles. The molecule has 1 rings (SSSR count). The molecule has 0 bridgehead atoms. The Morgan fingerprint density at radius 2 is 2.33 bits per heavy atom. The fraction of sp³-hybridized carbons (Fsp3) is 0.727. The lowest BCUT2D eigenvalue weighted by molar-refractivity contribution is 0.0786. The monoisotopic (exact) mass is 213 g/mol. The summed E-state index contributed by atoms with van der Waals surface area (Å²) < 4.78 is 18.7. The quantitative estimate of drug-likeness (QED) is 0.677. The molecule has 1 aliphatic rings. The Hall–Kier alpha value is -1.24. The molecular formula is C11H16FNO2. The number of amides is 1. The molecule has 1 N–H and O–H groups in total. The van der Waals surface area contributed by atoms with Gasteiger partial charge in [-0.25, -0.2) is 9.18 Å². The molecule has 0 aliphatic heterocycles. The van der Waals surface area contributed by atoms with Gasteiger partial charge in [-0.2, -0.15) is 0 Å². The van der Waals surface area contributed by atoms with E-state index < -0.39 is 11.8 Å². The van der Waals surface area contributed by atoms with Crippen LogP contribution in [0.3, 0.4) is 0 Å². The van der Waals surface area contributed by atoms with Gasteiger partial charge in [-0.3, -0.25) is 0 Å². The highest BCUT2D eigenvalue weighted by Crippen LogP contribution is 2.22. The van der Waals surface area contributed by atoms with E-state index in [0.29, 0.717) is 25.7 Å². The van der Waals surface area contributed by atoms with Gasteiger partial charge in [0.1, 0.15) is 6.10 Å². The van der Waals surface area contributed by atoms with E-state index >= 15 is 0 Å². The zero-order valence-electron chi connectivity index (χ0n) is 9.10. The number of hydrogen-bond donors (Lipinski definition) is 1. The number of ether oxygens (including phenoxy) is 1. The Balaban J connectivity index is 2.51. The van der Waals surface area contributed by atoms with Gasteiger partial charge in [0.05, 0.1) is 0 Å². The molecule has 3 nitrogen and oxygen atoms in total. The molecule has 0 spiro atoms. The van der Waals surface area contributed by atoms with Crippen LogP contribution in [0.15, 0.2) is 0 Å². The minimum atomic E-state index is -1.45. The SMILES string of the molecule is CNC(=O)OC1CCC#CC(C)(F)CC1. The maximum atomic E-state index is 13.6. The van der Waals surface area contributed by atoms with Crippen molar-refractivity contribution in [2.24, 2.45) is 0 Å². The summed E-state index contributed by atoms with van der Waals surface area (Å²) in [6, 6.07) is 0. The van der Waals surface area contributed by atoms with Gasteiger partial charge in [-0.15, -0.1) is 0 Å². The normalized spacial score (nSPS) is 30.5. The van der Waals surface area contributed by atoms with Gasteiger partial charge in [-0.05, 0) is 26.2 Å². The summed E-state index contributed by atoms with van der Waals surface area (Å²) in [7, 11) is 1.50. The predicted octanol–water partition coefficient (Wildman–Crippen LogP) is 2.02. The number of halogens is 1. The van der Waals surface area contributed by atoms with E-state index in [2.05, 4.69) is 17.2 Å². The van der Waals surface area contributed by atoms with Crippen molar-refractivity contribution >= 4 is 6.09 Å². The van der Waals surface area contributed by atoms with Crippen molar-refractivity contribution in [2.75, 3.05) is 7.05 Å². The van der Waals surface area contributed by atoms with E-state index in [9.17, 15) is 9.18 Å². The summed E-state index contributed by atoms with van der Waals surface area (Å²) in [5, 5.41) is 2.38. The molecule has 84 valence electrons. The summed E-state index contributed by atoms with van der Waals surface area (Å²) >= 11 is 0. The Kier molecular flexibility index (Phi) is 3.96. The molecule has 0 fully saturated rings. The third-order valence-corrected chi connectivity index (χ3v) is 2.35. The molecule has 15 heavy (non-hydrogen) atoms. The number of carbonyl (C=O) groups excluding carboxylic acids is 1. The van der Waals surface area contributed by atoms with Crippen LogP contribution in [0.25, 0.3) is 0 Å². The van der Waals surface area contributed by atoms with Gasteiger partial charge >= 0.3 is 6.09 Å². The summed E-state index contributed by atoms with van der Waals surface area (Å²) in [4.78, 5) is 11.0. The number of hydrogen-bond acceptors (Lipinski definition) is 2. The highest BCUT2D eigenvalue weighted by atomic mass is 19.1. The molecule has 2 atom stereocenters. The zero-order chi connectivity index (χ0) is 11.3. The van der Waals surface area contributed by atoms with Crippen LogP contribution in [0.4, 0.5) is 9.18 Å². The minimum Gasteiger partial charge on any atom is -0.446 e. The number of rotatable bonds is 1. The van der Waals surface area contributed by atoms with Gasteiger partial charge in [0, 0.05) is 13.5 Å². The second-order valence-corrected chi connectivity index (χ2v) is 3.85. The molecule has 0 aromatic carbocycles. The highest BCUT2D eigenvalue weighted by Gasteiger charge is 2.25. The topological polar surface area (TPSA) is 38.3 Å². The first kappa shape index (κ1) is 11.8. The average molecular weight is 213 g/mol. The van der Waals surface area contributed by atoms with Crippen LogP contribution in [0.2, 0.25) is 0 Å². The standard InChI is InChI=1S/C11H16FNO2/c1-11(12)7-4-3-5-9(6-8-11)15-10(14)13-2/h9H,3,5-6,8H2,1-2H3,(H,13,14). The fourth-order valence-electron chi connectivity index (χ4n) is 1.45. The van der Waals surface area contributed by atoms with Crippen molar-refractivity contribution in [2.45, 2.75) is 44.4 Å². The van der Waals surface area contributed by atoms with Crippen molar-refractivity contribution in [3.05, 3.63) is 0 Å². The molecule has 0 heterocycles. The molecule has 0 aromatic rings. The van der Waals surface area contributed by atoms with E-state index in [1.807, 2.05) is 0 Å². The Morgan fingerprint density at radius 3 is 3.00 bits per heavy atom. The molecule has 0 saturated heterocycles. The van der Waals surface area contributed by atoms with Crippen LogP contribution in [-0.4, -0.2) is 24.9 Å². The first-order valence-electron chi connectivity index (χ1n) is 5.11. The molecule has 2 unspecified atom stereocenters. The third kappa shape index (κ3) is 4.20. The van der Waals surface area contributed by atoms with Crippen LogP contribution in [0, 0.1) is 11.8 Å². The van der Waals surface area contributed by atoms with Crippen molar-refractivity contribution in [1.82, 2.24) is 5.32 Å². The Morgan fingerprint density at radius 1 is 1.60 bits per heavy atom. The van der Waals surface area contributed by atoms with Crippen LogP contribution in [-0.2, 0) is 4.74 Å². The zero-order valence-corrected chi connectivity index (χ0v) is 9.10. The average Bonchev–Trinajstić information content (AvgIpc) is 2.18. The third-order valence-electron chi connectivity index (χ3n) is 2.35. The van der Waals surface area contributed by atoms with E-state index in [-0.39, 0.29) is 6.10 Å². The van der Waals surface area contributed by atoms with Crippen molar-refractivity contribution in [3.63, 3.8) is 0 Å². The smallest absolute Gasteiger partial charge is 0.407 e. The molecule has 1 amide bonds. The lowest BCUT2D eigenvalue weighted by Gasteiger charge is -2.21. The highest BCUT2D eigenvalue weighted by molar-refractivity contribution is 5.66. The predicted molar refractivity (Wildman–Crippen MR) is 55.1 cm³/mol. The van der Waals surface area contributed by atoms with E-state index in [1.165, 1.54) is 14.0 Å². The maximum absolute atomic E-state index is 13.6. The van der Waals surface area contributed by atoms with Crippen molar-refractivity contribution in [1.29, 1.82) is 0 Å². The number of nitrogens with one attached hydrogen (secondary N) is 1. The summed E-state index contributed by atoms with van der Waals surface area (Å²) in [5.41, 5.74) is -1.45. The van der Waals surface area contributed by atoms with Crippen LogP contribution >= 0.6 is 0 Å². The number of alkyl halides is 1. The van der Waals surface area contributed by atoms with Gasteiger partial charge < -0.3 is 10.1 Å². The molecule has 1 aliphatic carbocycles. The molecule has 0 saturated carbocycles. The van der Waals surface area contributed by atoms with E-state index in [1.54, 1.807) is 0 Å². The van der Waals surface area contributed by atoms with Crippen LogP contribution < -0.4 is 5.32 Å². The van der Waals surface area contributed by atoms with Gasteiger partial charge in [0.15, 0.2) is 5.67 Å². The van der Waals surface area contributed by atoms with Gasteiger partial charge in [0.25, 0.3) is 0 Å². The number of alkyl carbamates (subject to hydrolysis) is 1. The lowest BCUT2D eigenvalue weighted by atomic mass is 9.96. The second kappa shape index (κ2) is 5.01. The first-order valence-corrected chi connectivity index (χ1v) is 5.11. The largest absolute Gasteiger partial charge is 0.446 e.